The third-order valence-corrected chi connectivity index (χ3v) is 9.25. The lowest BCUT2D eigenvalue weighted by Crippen LogP contribution is -2.44. The molecule has 0 radical (unpaired) electrons. The van der Waals surface area contributed by atoms with Crippen molar-refractivity contribution in [3.05, 3.63) is 52.5 Å². The molecule has 0 aliphatic carbocycles. The first kappa shape index (κ1) is 25.2. The van der Waals surface area contributed by atoms with E-state index >= 15 is 4.39 Å². The van der Waals surface area contributed by atoms with Gasteiger partial charge in [0.25, 0.3) is 0 Å². The van der Waals surface area contributed by atoms with Crippen LogP contribution in [0, 0.1) is 11.8 Å². The van der Waals surface area contributed by atoms with Gasteiger partial charge in [0.05, 0.1) is 27.8 Å². The van der Waals surface area contributed by atoms with Gasteiger partial charge in [0.15, 0.2) is 0 Å². The molecule has 2 aromatic heterocycles. The maximum Gasteiger partial charge on any atom is 0.308 e. The summed E-state index contributed by atoms with van der Waals surface area (Å²) in [5.41, 5.74) is 1.30. The van der Waals surface area contributed by atoms with Gasteiger partial charge >= 0.3 is 5.97 Å². The summed E-state index contributed by atoms with van der Waals surface area (Å²) in [6.45, 7) is 2.15. The minimum atomic E-state index is -1.18. The minimum absolute atomic E-state index is 0.0333. The molecule has 5 nitrogen and oxygen atoms in total. The standard InChI is InChI=1S/C25H28ClFN2O3S2/c1-32-17-3-5-23-19(14-17)18(6-9-28-23)22(27)4-2-16-7-10-29(15-20(16)24(30)31)11-13-34-25-21(26)8-12-33-25/h3,5-6,8-9,12,14,16,20,22H,2,4,7,10-11,13,15H2,1H3,(H,30,31)/t16-,20+,22?/m1/s1. The summed E-state index contributed by atoms with van der Waals surface area (Å²) in [7, 11) is 1.58. The van der Waals surface area contributed by atoms with E-state index in [9.17, 15) is 9.90 Å². The van der Waals surface area contributed by atoms with Crippen LogP contribution in [0.4, 0.5) is 4.39 Å². The summed E-state index contributed by atoms with van der Waals surface area (Å²) in [6, 6.07) is 9.05. The molecule has 0 spiro atoms. The number of halogens is 2. The molecule has 3 aromatic rings. The lowest BCUT2D eigenvalue weighted by molar-refractivity contribution is -0.146. The monoisotopic (exact) mass is 522 g/mol. The zero-order chi connectivity index (χ0) is 24.1. The topological polar surface area (TPSA) is 62.7 Å². The van der Waals surface area contributed by atoms with E-state index < -0.39 is 18.1 Å². The Bertz CT molecular complexity index is 1130. The molecule has 1 fully saturated rings. The van der Waals surface area contributed by atoms with Crippen molar-refractivity contribution in [2.24, 2.45) is 11.8 Å². The Labute approximate surface area is 212 Å². The van der Waals surface area contributed by atoms with Crippen LogP contribution in [0.5, 0.6) is 5.75 Å². The first-order valence-corrected chi connectivity index (χ1v) is 13.6. The minimum Gasteiger partial charge on any atom is -0.497 e. The summed E-state index contributed by atoms with van der Waals surface area (Å²) in [5, 5.41) is 13.3. The Balaban J connectivity index is 1.34. The number of aromatic nitrogens is 1. The molecule has 182 valence electrons. The number of carbonyl (C=O) groups is 1. The highest BCUT2D eigenvalue weighted by Crippen LogP contribution is 2.36. The van der Waals surface area contributed by atoms with Crippen LogP contribution in [0.2, 0.25) is 5.02 Å². The van der Waals surface area contributed by atoms with Gasteiger partial charge in [-0.2, -0.15) is 0 Å². The summed E-state index contributed by atoms with van der Waals surface area (Å²) < 4.78 is 21.7. The van der Waals surface area contributed by atoms with Crippen molar-refractivity contribution in [3.63, 3.8) is 0 Å². The van der Waals surface area contributed by atoms with Gasteiger partial charge < -0.3 is 14.7 Å². The molecule has 1 unspecified atom stereocenters. The van der Waals surface area contributed by atoms with Crippen molar-refractivity contribution in [2.45, 2.75) is 29.6 Å². The Hall–Kier alpha value is -1.87. The second-order valence-electron chi connectivity index (χ2n) is 8.53. The fraction of sp³-hybridized carbons (Fsp3) is 0.440. The number of pyridine rings is 1. The molecule has 1 N–H and O–H groups in total. The predicted molar refractivity (Wildman–Crippen MR) is 137 cm³/mol. The fourth-order valence-electron chi connectivity index (χ4n) is 4.61. The number of fused-ring (bicyclic) bond motifs is 1. The number of carboxylic acids is 1. The second kappa shape index (κ2) is 11.7. The molecule has 0 saturated carbocycles. The van der Waals surface area contributed by atoms with E-state index in [1.54, 1.807) is 42.5 Å². The summed E-state index contributed by atoms with van der Waals surface area (Å²) in [4.78, 5) is 18.5. The number of hydrogen-bond acceptors (Lipinski definition) is 6. The van der Waals surface area contributed by atoms with Gasteiger partial charge in [-0.1, -0.05) is 11.6 Å². The Kier molecular flexibility index (Phi) is 8.69. The Morgan fingerprint density at radius 3 is 3.00 bits per heavy atom. The number of rotatable bonds is 10. The Morgan fingerprint density at radius 1 is 1.41 bits per heavy atom. The number of nitrogens with zero attached hydrogens (tertiary/aromatic N) is 2. The highest BCUT2D eigenvalue weighted by Gasteiger charge is 2.34. The second-order valence-corrected chi connectivity index (χ2v) is 11.2. The number of methoxy groups -OCH3 is 1. The third kappa shape index (κ3) is 6.03. The SMILES string of the molecule is COc1ccc2nccc(C(F)CC[C@@H]3CCN(CCSc4sccc4Cl)C[C@@H]3C(=O)O)c2c1. The molecule has 4 rings (SSSR count). The molecule has 1 saturated heterocycles. The van der Waals surface area contributed by atoms with Gasteiger partial charge in [-0.05, 0) is 73.0 Å². The number of thiophene rings is 1. The molecule has 1 aliphatic rings. The number of carboxylic acid groups (broad SMARTS) is 1. The van der Waals surface area contributed by atoms with Crippen molar-refractivity contribution >= 4 is 51.6 Å². The van der Waals surface area contributed by atoms with Crippen molar-refractivity contribution in [1.29, 1.82) is 0 Å². The van der Waals surface area contributed by atoms with Crippen LogP contribution in [0.3, 0.4) is 0 Å². The van der Waals surface area contributed by atoms with Crippen molar-refractivity contribution < 1.29 is 19.0 Å². The number of ether oxygens (including phenoxy) is 1. The lowest BCUT2D eigenvalue weighted by atomic mass is 9.81. The van der Waals surface area contributed by atoms with Crippen LogP contribution in [0.1, 0.15) is 31.0 Å². The van der Waals surface area contributed by atoms with Crippen LogP contribution < -0.4 is 4.74 Å². The lowest BCUT2D eigenvalue weighted by Gasteiger charge is -2.36. The average Bonchev–Trinajstić information content (AvgIpc) is 3.26. The number of hydrogen-bond donors (Lipinski definition) is 1. The van der Waals surface area contributed by atoms with Crippen LogP contribution >= 0.6 is 34.7 Å². The van der Waals surface area contributed by atoms with Gasteiger partial charge in [-0.25, -0.2) is 4.39 Å². The maximum absolute atomic E-state index is 15.4. The molecule has 1 aliphatic heterocycles. The summed E-state index contributed by atoms with van der Waals surface area (Å²) >= 11 is 9.49. The first-order chi connectivity index (χ1) is 16.5. The number of thioether (sulfide) groups is 1. The van der Waals surface area contributed by atoms with Crippen LogP contribution in [-0.2, 0) is 4.79 Å². The van der Waals surface area contributed by atoms with Gasteiger partial charge in [0, 0.05) is 30.4 Å². The molecule has 0 bridgehead atoms. The predicted octanol–water partition coefficient (Wildman–Crippen LogP) is 6.56. The molecule has 34 heavy (non-hydrogen) atoms. The largest absolute Gasteiger partial charge is 0.497 e. The molecular formula is C25H28ClFN2O3S2. The smallest absolute Gasteiger partial charge is 0.308 e. The summed E-state index contributed by atoms with van der Waals surface area (Å²) in [5.74, 6) is 0.215. The highest BCUT2D eigenvalue weighted by atomic mass is 35.5. The van der Waals surface area contributed by atoms with Crippen LogP contribution in [0.15, 0.2) is 46.1 Å². The van der Waals surface area contributed by atoms with E-state index in [-0.39, 0.29) is 12.3 Å². The van der Waals surface area contributed by atoms with E-state index in [1.165, 1.54) is 0 Å². The number of alkyl halides is 1. The zero-order valence-corrected chi connectivity index (χ0v) is 21.3. The fourth-order valence-corrected chi connectivity index (χ4v) is 6.98. The Morgan fingerprint density at radius 2 is 2.26 bits per heavy atom. The van der Waals surface area contributed by atoms with Crippen molar-refractivity contribution in [2.75, 3.05) is 32.5 Å². The highest BCUT2D eigenvalue weighted by molar-refractivity contribution is 8.01. The number of aliphatic carboxylic acids is 1. The quantitative estimate of drug-likeness (QED) is 0.304. The van der Waals surface area contributed by atoms with E-state index in [4.69, 9.17) is 16.3 Å². The summed E-state index contributed by atoms with van der Waals surface area (Å²) in [6.07, 6.45) is 2.03. The normalized spacial score (nSPS) is 19.9. The van der Waals surface area contributed by atoms with Gasteiger partial charge in [-0.3, -0.25) is 9.78 Å². The molecule has 9 heteroatoms. The zero-order valence-electron chi connectivity index (χ0n) is 19.0. The average molecular weight is 523 g/mol. The molecule has 3 heterocycles. The number of piperidine rings is 1. The van der Waals surface area contributed by atoms with E-state index in [2.05, 4.69) is 9.88 Å². The maximum atomic E-state index is 15.4. The number of benzene rings is 1. The number of likely N-dealkylation sites (tertiary alicyclic amines) is 1. The van der Waals surface area contributed by atoms with Crippen LogP contribution in [-0.4, -0.2) is 53.5 Å². The van der Waals surface area contributed by atoms with Crippen LogP contribution in [0.25, 0.3) is 10.9 Å². The van der Waals surface area contributed by atoms with Gasteiger partial charge in [0.2, 0.25) is 0 Å². The molecule has 0 amide bonds. The molecular weight excluding hydrogens is 495 g/mol. The van der Waals surface area contributed by atoms with Gasteiger partial charge in [-0.15, -0.1) is 23.1 Å². The van der Waals surface area contributed by atoms with E-state index in [0.717, 1.165) is 45.4 Å². The van der Waals surface area contributed by atoms with E-state index in [0.29, 0.717) is 24.3 Å². The molecule has 1 aromatic carbocycles. The van der Waals surface area contributed by atoms with Gasteiger partial charge in [0.1, 0.15) is 11.9 Å². The third-order valence-electron chi connectivity index (χ3n) is 6.49. The molecule has 3 atom stereocenters. The van der Waals surface area contributed by atoms with E-state index in [1.807, 2.05) is 29.6 Å². The van der Waals surface area contributed by atoms with Crippen molar-refractivity contribution in [1.82, 2.24) is 9.88 Å². The first-order valence-electron chi connectivity index (χ1n) is 11.3. The van der Waals surface area contributed by atoms with Crippen molar-refractivity contribution in [3.8, 4) is 5.75 Å².